The molecule has 0 bridgehead atoms. The maximum absolute atomic E-state index is 6.88. The number of hydrogen-bond donors (Lipinski definition) is 0. The number of nitrogens with zero attached hydrogens (tertiary/aromatic N) is 4. The van der Waals surface area contributed by atoms with Gasteiger partial charge in [-0.1, -0.05) is 140 Å². The third-order valence-electron chi connectivity index (χ3n) is 15.1. The lowest BCUT2D eigenvalue weighted by atomic mass is 9.86. The van der Waals surface area contributed by atoms with Gasteiger partial charge in [0.2, 0.25) is 0 Å². The molecule has 6 heteroatoms. The van der Waals surface area contributed by atoms with Gasteiger partial charge in [0.1, 0.15) is 11.2 Å². The molecule has 0 radical (unpaired) electrons. The number of thiophene rings is 1. The Labute approximate surface area is 412 Å². The number of benzene rings is 10. The van der Waals surface area contributed by atoms with Gasteiger partial charge in [-0.05, 0) is 113 Å². The molecule has 2 atom stereocenters. The van der Waals surface area contributed by atoms with Crippen molar-refractivity contribution in [1.29, 1.82) is 0 Å². The van der Waals surface area contributed by atoms with E-state index in [0.717, 1.165) is 85.4 Å². The number of para-hydroxylation sites is 4. The SMILES string of the molecule is CC1CCC(c2ccc3c(c2)c2ccccc2n3-c2ccccc2)=NC(c2ccc3c(c2)sc2ccccc23)=NC1c1cc(-n2c3ccccc3c3cc4ccccc4cc32)cc2oc3ccccc3c12. The second-order valence-electron chi connectivity index (χ2n) is 19.3. The summed E-state index contributed by atoms with van der Waals surface area (Å²) in [6, 6.07) is 76.9. The van der Waals surface area contributed by atoms with Crippen molar-refractivity contribution in [3.8, 4) is 11.4 Å². The van der Waals surface area contributed by atoms with Crippen LogP contribution in [0.15, 0.2) is 227 Å². The molecule has 0 fully saturated rings. The minimum atomic E-state index is -0.239. The third-order valence-corrected chi connectivity index (χ3v) is 16.3. The van der Waals surface area contributed by atoms with E-state index < -0.39 is 0 Å². The van der Waals surface area contributed by atoms with E-state index in [-0.39, 0.29) is 12.0 Å². The van der Waals surface area contributed by atoms with Crippen molar-refractivity contribution < 1.29 is 4.42 Å². The van der Waals surface area contributed by atoms with E-state index in [4.69, 9.17) is 14.4 Å². The average molecular weight is 929 g/mol. The first kappa shape index (κ1) is 40.3. The summed E-state index contributed by atoms with van der Waals surface area (Å²) in [4.78, 5) is 11.7. The van der Waals surface area contributed by atoms with Crippen molar-refractivity contribution in [3.63, 3.8) is 0 Å². The van der Waals surface area contributed by atoms with E-state index in [1.165, 1.54) is 63.5 Å². The first-order valence-electron chi connectivity index (χ1n) is 24.6. The van der Waals surface area contributed by atoms with E-state index in [1.807, 2.05) is 11.3 Å². The third kappa shape index (κ3) is 6.31. The van der Waals surface area contributed by atoms with Crippen molar-refractivity contribution >= 4 is 119 Å². The molecule has 5 nitrogen and oxygen atoms in total. The first-order chi connectivity index (χ1) is 35.1. The van der Waals surface area contributed by atoms with Crippen molar-refractivity contribution in [2.75, 3.05) is 0 Å². The molecule has 71 heavy (non-hydrogen) atoms. The monoisotopic (exact) mass is 928 g/mol. The first-order valence-corrected chi connectivity index (χ1v) is 25.4. The van der Waals surface area contributed by atoms with Gasteiger partial charge in [0, 0.05) is 69.8 Å². The molecule has 0 saturated heterocycles. The highest BCUT2D eigenvalue weighted by Gasteiger charge is 2.29. The average Bonchev–Trinajstić information content (AvgIpc) is 4.17. The largest absolute Gasteiger partial charge is 0.456 e. The van der Waals surface area contributed by atoms with Crippen LogP contribution < -0.4 is 0 Å². The number of amidine groups is 1. The highest BCUT2D eigenvalue weighted by Crippen LogP contribution is 2.45. The summed E-state index contributed by atoms with van der Waals surface area (Å²) in [6.07, 6.45) is 1.68. The molecule has 4 aromatic heterocycles. The molecule has 0 N–H and O–H groups in total. The van der Waals surface area contributed by atoms with Crippen LogP contribution in [0.4, 0.5) is 0 Å². The van der Waals surface area contributed by atoms with Crippen molar-refractivity contribution in [3.05, 3.63) is 229 Å². The van der Waals surface area contributed by atoms with Gasteiger partial charge in [-0.25, -0.2) is 4.99 Å². The zero-order chi connectivity index (χ0) is 46.7. The summed E-state index contributed by atoms with van der Waals surface area (Å²) in [5.41, 5.74) is 13.0. The maximum Gasteiger partial charge on any atom is 0.155 e. The molecule has 0 amide bonds. The predicted octanol–water partition coefficient (Wildman–Crippen LogP) is 17.7. The molecule has 15 rings (SSSR count). The lowest BCUT2D eigenvalue weighted by Crippen LogP contribution is -2.18. The Morgan fingerprint density at radius 1 is 0.465 bits per heavy atom. The zero-order valence-electron chi connectivity index (χ0n) is 38.9. The number of aromatic nitrogens is 2. The maximum atomic E-state index is 6.88. The van der Waals surface area contributed by atoms with Gasteiger partial charge in [-0.15, -0.1) is 11.3 Å². The Bertz CT molecular complexity index is 4560. The molecule has 1 aliphatic heterocycles. The van der Waals surface area contributed by atoms with Crippen molar-refractivity contribution in [1.82, 2.24) is 9.13 Å². The van der Waals surface area contributed by atoms with Crippen LogP contribution in [0.5, 0.6) is 0 Å². The van der Waals surface area contributed by atoms with Gasteiger partial charge < -0.3 is 13.6 Å². The molecular weight excluding hydrogens is 885 g/mol. The van der Waals surface area contributed by atoms with E-state index >= 15 is 0 Å². The molecule has 2 unspecified atom stereocenters. The van der Waals surface area contributed by atoms with Gasteiger partial charge in [-0.3, -0.25) is 4.99 Å². The Hall–Kier alpha value is -8.58. The molecule has 0 aliphatic carbocycles. The van der Waals surface area contributed by atoms with Crippen LogP contribution in [0, 0.1) is 5.92 Å². The second-order valence-corrected chi connectivity index (χ2v) is 20.4. The molecule has 5 heterocycles. The van der Waals surface area contributed by atoms with Crippen molar-refractivity contribution in [2.24, 2.45) is 15.9 Å². The molecule has 0 saturated carbocycles. The minimum Gasteiger partial charge on any atom is -0.456 e. The highest BCUT2D eigenvalue weighted by atomic mass is 32.1. The Morgan fingerprint density at radius 2 is 1.10 bits per heavy atom. The summed E-state index contributed by atoms with van der Waals surface area (Å²) >= 11 is 1.83. The second kappa shape index (κ2) is 15.7. The highest BCUT2D eigenvalue weighted by molar-refractivity contribution is 7.25. The summed E-state index contributed by atoms with van der Waals surface area (Å²) in [7, 11) is 0. The smallest absolute Gasteiger partial charge is 0.155 e. The molecular formula is C65H44N4OS. The van der Waals surface area contributed by atoms with Crippen LogP contribution in [-0.4, -0.2) is 20.7 Å². The van der Waals surface area contributed by atoms with Gasteiger partial charge in [0.15, 0.2) is 5.84 Å². The number of fused-ring (bicyclic) bond motifs is 13. The summed E-state index contributed by atoms with van der Waals surface area (Å²) < 4.78 is 14.2. The van der Waals surface area contributed by atoms with Crippen LogP contribution >= 0.6 is 11.3 Å². The Balaban J connectivity index is 0.973. The van der Waals surface area contributed by atoms with Crippen LogP contribution in [0.2, 0.25) is 0 Å². The van der Waals surface area contributed by atoms with Crippen molar-refractivity contribution in [2.45, 2.75) is 25.8 Å². The lowest BCUT2D eigenvalue weighted by Gasteiger charge is -2.26. The number of rotatable bonds is 5. The van der Waals surface area contributed by atoms with Crippen LogP contribution in [-0.2, 0) is 0 Å². The van der Waals surface area contributed by atoms with E-state index in [0.29, 0.717) is 0 Å². The topological polar surface area (TPSA) is 47.7 Å². The Kier molecular flexibility index (Phi) is 8.93. The van der Waals surface area contributed by atoms with Crippen LogP contribution in [0.25, 0.3) is 108 Å². The fraction of sp³-hybridized carbons (Fsp3) is 0.0769. The zero-order valence-corrected chi connectivity index (χ0v) is 39.7. The number of hydrogen-bond acceptors (Lipinski definition) is 4. The standard InChI is InChI=1S/C65H44N4OS/c1-39-27-31-54(42-29-32-57-51(34-42)46-19-7-11-23-55(46)68(57)44-17-3-2-4-18-44)66-65(43-28-30-49-48-21-10-14-26-61(48)71-62(49)36-43)67-64(39)53-37-45(38-60-63(53)50-22-9-13-25-59(50)70-60)69-56-24-12-8-20-47(56)52-33-40-15-5-6-16-41(40)35-58(52)69/h2-26,28-30,32-39,64H,27,31H2,1H3. The van der Waals surface area contributed by atoms with Gasteiger partial charge in [0.25, 0.3) is 0 Å². The summed E-state index contributed by atoms with van der Waals surface area (Å²) in [5.74, 6) is 0.888. The molecule has 14 aromatic rings. The predicted molar refractivity (Wildman–Crippen MR) is 300 cm³/mol. The van der Waals surface area contributed by atoms with Gasteiger partial charge >= 0.3 is 0 Å². The summed E-state index contributed by atoms with van der Waals surface area (Å²) in [5, 5.41) is 12.1. The van der Waals surface area contributed by atoms with E-state index in [1.54, 1.807) is 0 Å². The molecule has 1 aliphatic rings. The van der Waals surface area contributed by atoms with Gasteiger partial charge in [-0.2, -0.15) is 0 Å². The minimum absolute atomic E-state index is 0.140. The number of furan rings is 1. The number of aliphatic imine (C=N–C) groups is 2. The van der Waals surface area contributed by atoms with E-state index in [9.17, 15) is 0 Å². The Morgan fingerprint density at radius 3 is 1.92 bits per heavy atom. The quantitative estimate of drug-likeness (QED) is 0.170. The molecule has 0 spiro atoms. The molecule has 336 valence electrons. The van der Waals surface area contributed by atoms with Crippen LogP contribution in [0.1, 0.15) is 42.5 Å². The van der Waals surface area contributed by atoms with E-state index in [2.05, 4.69) is 228 Å². The van der Waals surface area contributed by atoms with Gasteiger partial charge in [0.05, 0.1) is 39.5 Å². The fourth-order valence-corrected chi connectivity index (χ4v) is 12.9. The summed E-state index contributed by atoms with van der Waals surface area (Å²) in [6.45, 7) is 2.38. The normalized spacial score (nSPS) is 15.7. The lowest BCUT2D eigenvalue weighted by molar-refractivity contribution is 0.448. The fourth-order valence-electron chi connectivity index (χ4n) is 11.8. The van der Waals surface area contributed by atoms with Crippen LogP contribution in [0.3, 0.4) is 0 Å². The molecule has 10 aromatic carbocycles.